The summed E-state index contributed by atoms with van der Waals surface area (Å²) >= 11 is 1.83. The van der Waals surface area contributed by atoms with Crippen molar-refractivity contribution in [3.63, 3.8) is 0 Å². The minimum atomic E-state index is -3.70. The second-order valence-electron chi connectivity index (χ2n) is 6.89. The van der Waals surface area contributed by atoms with Crippen LogP contribution in [-0.4, -0.2) is 27.7 Å². The highest BCUT2D eigenvalue weighted by atomic mass is 32.2. The monoisotopic (exact) mass is 394 g/mol. The van der Waals surface area contributed by atoms with Gasteiger partial charge in [-0.1, -0.05) is 23.8 Å². The zero-order valence-electron chi connectivity index (χ0n) is 15.1. The normalized spacial score (nSPS) is 21.0. The van der Waals surface area contributed by atoms with Crippen molar-refractivity contribution in [3.05, 3.63) is 52.2 Å². The van der Waals surface area contributed by atoms with Crippen molar-refractivity contribution in [3.8, 4) is 0 Å². The molecule has 1 fully saturated rings. The third-order valence-corrected chi connectivity index (χ3v) is 7.07. The Kier molecular flexibility index (Phi) is 6.86. The van der Waals surface area contributed by atoms with E-state index in [1.54, 1.807) is 24.3 Å². The van der Waals surface area contributed by atoms with E-state index >= 15 is 0 Å². The molecule has 0 unspecified atom stereocenters. The van der Waals surface area contributed by atoms with Crippen LogP contribution in [0, 0.1) is 12.8 Å². The molecular formula is C20H26O4S2. The van der Waals surface area contributed by atoms with Crippen molar-refractivity contribution in [1.29, 1.82) is 0 Å². The van der Waals surface area contributed by atoms with Crippen LogP contribution in [0.5, 0.6) is 0 Å². The fourth-order valence-corrected chi connectivity index (χ4v) is 5.06. The predicted molar refractivity (Wildman–Crippen MR) is 104 cm³/mol. The zero-order valence-corrected chi connectivity index (χ0v) is 16.7. The van der Waals surface area contributed by atoms with E-state index in [9.17, 15) is 8.42 Å². The van der Waals surface area contributed by atoms with Crippen LogP contribution >= 0.6 is 11.3 Å². The Balaban J connectivity index is 1.35. The fourth-order valence-electron chi connectivity index (χ4n) is 3.35. The number of hydrogen-bond acceptors (Lipinski definition) is 5. The first-order valence-corrected chi connectivity index (χ1v) is 11.4. The molecule has 1 aliphatic carbocycles. The maximum Gasteiger partial charge on any atom is 0.297 e. The van der Waals surface area contributed by atoms with E-state index in [0.29, 0.717) is 6.61 Å². The SMILES string of the molecule is Cc1ccc(S(=O)(=O)OCCOC2CCC(Cc3cccs3)CC2)cc1. The topological polar surface area (TPSA) is 52.6 Å². The fraction of sp³-hybridized carbons (Fsp3) is 0.500. The number of thiophene rings is 1. The third-order valence-electron chi connectivity index (χ3n) is 4.85. The minimum Gasteiger partial charge on any atom is -0.376 e. The summed E-state index contributed by atoms with van der Waals surface area (Å²) in [6, 6.07) is 11.0. The lowest BCUT2D eigenvalue weighted by atomic mass is 9.85. The lowest BCUT2D eigenvalue weighted by molar-refractivity contribution is 0.00512. The zero-order chi connectivity index (χ0) is 18.4. The molecule has 6 heteroatoms. The number of aryl methyl sites for hydroxylation is 1. The second-order valence-corrected chi connectivity index (χ2v) is 9.53. The molecule has 0 amide bonds. The van der Waals surface area contributed by atoms with E-state index in [2.05, 4.69) is 17.5 Å². The van der Waals surface area contributed by atoms with Gasteiger partial charge in [0.15, 0.2) is 0 Å². The van der Waals surface area contributed by atoms with E-state index in [1.165, 1.54) is 24.1 Å². The van der Waals surface area contributed by atoms with Crippen LogP contribution in [0.3, 0.4) is 0 Å². The Hall–Kier alpha value is -1.21. The summed E-state index contributed by atoms with van der Waals surface area (Å²) in [5.74, 6) is 0.742. The Labute approximate surface area is 160 Å². The molecule has 1 aromatic heterocycles. The molecule has 0 saturated heterocycles. The largest absolute Gasteiger partial charge is 0.376 e. The van der Waals surface area contributed by atoms with Crippen molar-refractivity contribution in [2.24, 2.45) is 5.92 Å². The van der Waals surface area contributed by atoms with Crippen LogP contribution in [0.25, 0.3) is 0 Å². The summed E-state index contributed by atoms with van der Waals surface area (Å²) in [7, 11) is -3.70. The van der Waals surface area contributed by atoms with Crippen LogP contribution in [0.1, 0.15) is 36.1 Å². The molecular weight excluding hydrogens is 368 g/mol. The highest BCUT2D eigenvalue weighted by molar-refractivity contribution is 7.86. The summed E-state index contributed by atoms with van der Waals surface area (Å²) in [4.78, 5) is 1.65. The standard InChI is InChI=1S/C20H26O4S2/c1-16-4-10-20(11-5-16)26(21,22)24-13-12-23-18-8-6-17(7-9-18)15-19-3-2-14-25-19/h2-5,10-11,14,17-18H,6-9,12-13,15H2,1H3. The van der Waals surface area contributed by atoms with Gasteiger partial charge in [0.2, 0.25) is 0 Å². The van der Waals surface area contributed by atoms with E-state index in [-0.39, 0.29) is 17.6 Å². The molecule has 0 atom stereocenters. The Bertz CT molecular complexity index is 759. The molecule has 26 heavy (non-hydrogen) atoms. The quantitative estimate of drug-likeness (QED) is 0.486. The van der Waals surface area contributed by atoms with E-state index in [1.807, 2.05) is 18.3 Å². The maximum atomic E-state index is 12.1. The maximum absolute atomic E-state index is 12.1. The molecule has 3 rings (SSSR count). The van der Waals surface area contributed by atoms with Crippen molar-refractivity contribution in [2.45, 2.75) is 50.0 Å². The Morgan fingerprint density at radius 1 is 1.04 bits per heavy atom. The van der Waals surface area contributed by atoms with Gasteiger partial charge in [-0.25, -0.2) is 0 Å². The van der Waals surface area contributed by atoms with Gasteiger partial charge in [-0.2, -0.15) is 8.42 Å². The van der Waals surface area contributed by atoms with Gasteiger partial charge in [0.25, 0.3) is 10.1 Å². The van der Waals surface area contributed by atoms with Crippen LogP contribution in [0.2, 0.25) is 0 Å². The molecule has 1 aliphatic rings. The summed E-state index contributed by atoms with van der Waals surface area (Å²) in [6.07, 6.45) is 5.82. The second kappa shape index (κ2) is 9.13. The molecule has 4 nitrogen and oxygen atoms in total. The molecule has 0 spiro atoms. The number of hydrogen-bond donors (Lipinski definition) is 0. The van der Waals surface area contributed by atoms with E-state index in [4.69, 9.17) is 8.92 Å². The van der Waals surface area contributed by atoms with Crippen molar-refractivity contribution >= 4 is 21.5 Å². The molecule has 142 valence electrons. The number of benzene rings is 1. The first-order chi connectivity index (χ1) is 12.5. The van der Waals surface area contributed by atoms with Gasteiger partial charge in [-0.3, -0.25) is 4.18 Å². The molecule has 0 radical (unpaired) electrons. The molecule has 0 N–H and O–H groups in total. The predicted octanol–water partition coefficient (Wildman–Crippen LogP) is 4.58. The summed E-state index contributed by atoms with van der Waals surface area (Å²) in [5.41, 5.74) is 1.02. The molecule has 0 bridgehead atoms. The molecule has 1 saturated carbocycles. The minimum absolute atomic E-state index is 0.0608. The van der Waals surface area contributed by atoms with Crippen LogP contribution in [-0.2, 0) is 25.5 Å². The smallest absolute Gasteiger partial charge is 0.297 e. The Morgan fingerprint density at radius 2 is 1.77 bits per heavy atom. The van der Waals surface area contributed by atoms with Gasteiger partial charge in [0.1, 0.15) is 0 Å². The van der Waals surface area contributed by atoms with Gasteiger partial charge in [-0.15, -0.1) is 11.3 Å². The van der Waals surface area contributed by atoms with Gasteiger partial charge < -0.3 is 4.74 Å². The number of ether oxygens (including phenoxy) is 1. The highest BCUT2D eigenvalue weighted by Gasteiger charge is 2.22. The van der Waals surface area contributed by atoms with Crippen molar-refractivity contribution < 1.29 is 17.3 Å². The van der Waals surface area contributed by atoms with Crippen molar-refractivity contribution in [1.82, 2.24) is 0 Å². The molecule has 1 heterocycles. The average Bonchev–Trinajstić information content (AvgIpc) is 3.13. The molecule has 2 aromatic rings. The Morgan fingerprint density at radius 3 is 2.42 bits per heavy atom. The lowest BCUT2D eigenvalue weighted by Crippen LogP contribution is -2.24. The summed E-state index contributed by atoms with van der Waals surface area (Å²) in [5, 5.41) is 2.13. The van der Waals surface area contributed by atoms with Gasteiger partial charge >= 0.3 is 0 Å². The van der Waals surface area contributed by atoms with E-state index < -0.39 is 10.1 Å². The third kappa shape index (κ3) is 5.64. The molecule has 0 aliphatic heterocycles. The number of rotatable bonds is 8. The van der Waals surface area contributed by atoms with Crippen LogP contribution in [0.15, 0.2) is 46.7 Å². The average molecular weight is 395 g/mol. The van der Waals surface area contributed by atoms with E-state index in [0.717, 1.165) is 24.3 Å². The lowest BCUT2D eigenvalue weighted by Gasteiger charge is -2.28. The van der Waals surface area contributed by atoms with Gasteiger partial charge in [0.05, 0.1) is 24.2 Å². The van der Waals surface area contributed by atoms with Gasteiger partial charge in [0, 0.05) is 4.88 Å². The first kappa shape index (κ1) is 19.5. The van der Waals surface area contributed by atoms with Crippen molar-refractivity contribution in [2.75, 3.05) is 13.2 Å². The van der Waals surface area contributed by atoms with Crippen LogP contribution in [0.4, 0.5) is 0 Å². The molecule has 1 aromatic carbocycles. The highest BCUT2D eigenvalue weighted by Crippen LogP contribution is 2.30. The summed E-state index contributed by atoms with van der Waals surface area (Å²) < 4.78 is 35.1. The van der Waals surface area contributed by atoms with Gasteiger partial charge in [-0.05, 0) is 68.5 Å². The summed E-state index contributed by atoms with van der Waals surface area (Å²) in [6.45, 7) is 2.29. The first-order valence-electron chi connectivity index (χ1n) is 9.13. The van der Waals surface area contributed by atoms with Crippen LogP contribution < -0.4 is 0 Å².